The first-order valence-electron chi connectivity index (χ1n) is 6.92. The van der Waals surface area contributed by atoms with E-state index in [1.165, 1.54) is 23.5 Å². The Hall–Kier alpha value is -2.09. The molecule has 8 heteroatoms. The lowest BCUT2D eigenvalue weighted by molar-refractivity contribution is -0.140. The van der Waals surface area contributed by atoms with Crippen LogP contribution in [0.5, 0.6) is 5.19 Å². The van der Waals surface area contributed by atoms with Crippen molar-refractivity contribution in [2.24, 2.45) is 0 Å². The highest BCUT2D eigenvalue weighted by molar-refractivity contribution is 7.11. The number of carbonyl (C=O) groups excluding carboxylic acids is 1. The van der Waals surface area contributed by atoms with Gasteiger partial charge in [-0.2, -0.15) is 13.2 Å². The average Bonchev–Trinajstić information content (AvgIpc) is 2.94. The van der Waals surface area contributed by atoms with Crippen molar-refractivity contribution in [2.75, 3.05) is 13.1 Å². The van der Waals surface area contributed by atoms with Gasteiger partial charge in [-0.3, -0.25) is 4.79 Å². The van der Waals surface area contributed by atoms with Crippen LogP contribution in [0.15, 0.2) is 35.8 Å². The van der Waals surface area contributed by atoms with Gasteiger partial charge in [0.1, 0.15) is 6.10 Å². The number of amides is 1. The third-order valence-corrected chi connectivity index (χ3v) is 4.15. The van der Waals surface area contributed by atoms with Crippen molar-refractivity contribution in [3.63, 3.8) is 0 Å². The highest BCUT2D eigenvalue weighted by atomic mass is 32.1. The van der Waals surface area contributed by atoms with Crippen molar-refractivity contribution < 1.29 is 22.7 Å². The molecule has 1 saturated heterocycles. The Balaban J connectivity index is 1.53. The highest BCUT2D eigenvalue weighted by Gasteiger charge is 2.33. The molecule has 0 radical (unpaired) electrons. The van der Waals surface area contributed by atoms with Crippen LogP contribution in [-0.4, -0.2) is 35.0 Å². The first kappa shape index (κ1) is 15.8. The number of hydrogen-bond acceptors (Lipinski definition) is 4. The molecule has 4 nitrogen and oxygen atoms in total. The van der Waals surface area contributed by atoms with Crippen LogP contribution in [0.4, 0.5) is 13.2 Å². The summed E-state index contributed by atoms with van der Waals surface area (Å²) in [5.41, 5.74) is -0.384. The second kappa shape index (κ2) is 6.19. The number of alkyl halides is 3. The van der Waals surface area contributed by atoms with E-state index in [4.69, 9.17) is 4.74 Å². The van der Waals surface area contributed by atoms with Gasteiger partial charge < -0.3 is 9.64 Å². The van der Waals surface area contributed by atoms with Crippen molar-refractivity contribution in [2.45, 2.75) is 18.7 Å². The summed E-state index contributed by atoms with van der Waals surface area (Å²) in [6.07, 6.45) is -2.92. The van der Waals surface area contributed by atoms with Gasteiger partial charge in [-0.05, 0) is 11.6 Å². The SMILES string of the molecule is O=C(Cc1cccc(C(F)(F)F)c1)N1CC(Oc2nccs2)C1. The van der Waals surface area contributed by atoms with Crippen molar-refractivity contribution in [3.05, 3.63) is 47.0 Å². The molecule has 0 N–H and O–H groups in total. The summed E-state index contributed by atoms with van der Waals surface area (Å²) < 4.78 is 43.5. The zero-order valence-corrected chi connectivity index (χ0v) is 12.7. The Morgan fingerprint density at radius 2 is 2.17 bits per heavy atom. The monoisotopic (exact) mass is 342 g/mol. The van der Waals surface area contributed by atoms with Crippen LogP contribution in [0.2, 0.25) is 0 Å². The van der Waals surface area contributed by atoms with Gasteiger partial charge in [-0.25, -0.2) is 4.98 Å². The zero-order valence-electron chi connectivity index (χ0n) is 11.9. The van der Waals surface area contributed by atoms with Gasteiger partial charge in [-0.1, -0.05) is 29.5 Å². The topological polar surface area (TPSA) is 42.4 Å². The van der Waals surface area contributed by atoms with Gasteiger partial charge in [0.15, 0.2) is 0 Å². The van der Waals surface area contributed by atoms with Gasteiger partial charge in [0.2, 0.25) is 5.91 Å². The van der Waals surface area contributed by atoms with Crippen LogP contribution in [0, 0.1) is 0 Å². The van der Waals surface area contributed by atoms with E-state index in [0.717, 1.165) is 12.1 Å². The standard InChI is InChI=1S/C15H13F3N2O2S/c16-15(17,18)11-3-1-2-10(6-11)7-13(21)20-8-12(9-20)22-14-19-4-5-23-14/h1-6,12H,7-9H2. The number of carbonyl (C=O) groups is 1. The lowest BCUT2D eigenvalue weighted by Gasteiger charge is -2.38. The summed E-state index contributed by atoms with van der Waals surface area (Å²) in [6.45, 7) is 0.856. The molecule has 2 aromatic rings. The number of nitrogens with zero attached hydrogens (tertiary/aromatic N) is 2. The minimum absolute atomic E-state index is 0.0477. The first-order chi connectivity index (χ1) is 10.9. The van der Waals surface area contributed by atoms with E-state index in [1.54, 1.807) is 16.5 Å². The fourth-order valence-corrected chi connectivity index (χ4v) is 2.82. The number of likely N-dealkylation sites (tertiary alicyclic amines) is 1. The molecule has 1 aromatic carbocycles. The Labute approximate surface area is 134 Å². The molecular weight excluding hydrogens is 329 g/mol. The average molecular weight is 342 g/mol. The fourth-order valence-electron chi connectivity index (χ4n) is 2.27. The number of ether oxygens (including phenoxy) is 1. The molecule has 2 heterocycles. The quantitative estimate of drug-likeness (QED) is 0.858. The fraction of sp³-hybridized carbons (Fsp3) is 0.333. The molecule has 0 saturated carbocycles. The molecule has 0 bridgehead atoms. The maximum Gasteiger partial charge on any atom is 0.416 e. The van der Waals surface area contributed by atoms with Crippen molar-refractivity contribution in [3.8, 4) is 5.19 Å². The molecular formula is C15H13F3N2O2S. The number of halogens is 3. The molecule has 122 valence electrons. The summed E-state index contributed by atoms with van der Waals surface area (Å²) in [5.74, 6) is -0.205. The summed E-state index contributed by atoms with van der Waals surface area (Å²) >= 11 is 1.37. The zero-order chi connectivity index (χ0) is 16.4. The second-order valence-corrected chi connectivity index (χ2v) is 6.07. The van der Waals surface area contributed by atoms with Crippen LogP contribution in [-0.2, 0) is 17.4 Å². The van der Waals surface area contributed by atoms with Gasteiger partial charge in [-0.15, -0.1) is 0 Å². The first-order valence-corrected chi connectivity index (χ1v) is 7.80. The van der Waals surface area contributed by atoms with Crippen molar-refractivity contribution in [1.82, 2.24) is 9.88 Å². The normalized spacial score (nSPS) is 15.3. The van der Waals surface area contributed by atoms with E-state index >= 15 is 0 Å². The molecule has 1 fully saturated rings. The van der Waals surface area contributed by atoms with E-state index in [0.29, 0.717) is 23.8 Å². The molecule has 1 aliphatic heterocycles. The van der Waals surface area contributed by atoms with Gasteiger partial charge in [0.05, 0.1) is 25.1 Å². The van der Waals surface area contributed by atoms with Crippen LogP contribution >= 0.6 is 11.3 Å². The maximum atomic E-state index is 12.7. The largest absolute Gasteiger partial charge is 0.463 e. The summed E-state index contributed by atoms with van der Waals surface area (Å²) in [5, 5.41) is 2.35. The Morgan fingerprint density at radius 3 is 2.83 bits per heavy atom. The smallest absolute Gasteiger partial charge is 0.416 e. The van der Waals surface area contributed by atoms with Gasteiger partial charge >= 0.3 is 6.18 Å². The van der Waals surface area contributed by atoms with Crippen LogP contribution in [0.1, 0.15) is 11.1 Å². The molecule has 3 rings (SSSR count). The summed E-state index contributed by atoms with van der Waals surface area (Å²) in [6, 6.07) is 4.85. The third-order valence-electron chi connectivity index (χ3n) is 3.49. The minimum Gasteiger partial charge on any atom is -0.463 e. The number of hydrogen-bond donors (Lipinski definition) is 0. The predicted octanol–water partition coefficient (Wildman–Crippen LogP) is 2.99. The van der Waals surface area contributed by atoms with E-state index in [9.17, 15) is 18.0 Å². The van der Waals surface area contributed by atoms with E-state index in [-0.39, 0.29) is 18.4 Å². The van der Waals surface area contributed by atoms with Crippen molar-refractivity contribution >= 4 is 17.2 Å². The number of rotatable bonds is 4. The molecule has 23 heavy (non-hydrogen) atoms. The van der Waals surface area contributed by atoms with Gasteiger partial charge in [0, 0.05) is 11.6 Å². The molecule has 0 unspecified atom stereocenters. The van der Waals surface area contributed by atoms with Crippen molar-refractivity contribution in [1.29, 1.82) is 0 Å². The molecule has 1 aromatic heterocycles. The molecule has 0 aliphatic carbocycles. The van der Waals surface area contributed by atoms with Gasteiger partial charge in [0.25, 0.3) is 5.19 Å². The van der Waals surface area contributed by atoms with Crippen LogP contribution < -0.4 is 4.74 Å². The summed E-state index contributed by atoms with van der Waals surface area (Å²) in [7, 11) is 0. The lowest BCUT2D eigenvalue weighted by atomic mass is 10.1. The Morgan fingerprint density at radius 1 is 1.39 bits per heavy atom. The van der Waals surface area contributed by atoms with E-state index < -0.39 is 11.7 Å². The molecule has 1 amide bonds. The molecule has 1 aliphatic rings. The summed E-state index contributed by atoms with van der Waals surface area (Å²) in [4.78, 5) is 17.6. The van der Waals surface area contributed by atoms with E-state index in [1.807, 2.05) is 0 Å². The van der Waals surface area contributed by atoms with Crippen LogP contribution in [0.25, 0.3) is 0 Å². The highest BCUT2D eigenvalue weighted by Crippen LogP contribution is 2.30. The number of aromatic nitrogens is 1. The second-order valence-electron chi connectivity index (χ2n) is 5.21. The lowest BCUT2D eigenvalue weighted by Crippen LogP contribution is -2.56. The molecule has 0 atom stereocenters. The third kappa shape index (κ3) is 3.82. The molecule has 0 spiro atoms. The Bertz CT molecular complexity index is 682. The Kier molecular flexibility index (Phi) is 4.25. The maximum absolute atomic E-state index is 12.7. The number of thiazole rings is 1. The van der Waals surface area contributed by atoms with Crippen LogP contribution in [0.3, 0.4) is 0 Å². The minimum atomic E-state index is -4.40. The number of benzene rings is 1. The van der Waals surface area contributed by atoms with E-state index in [2.05, 4.69) is 4.98 Å². The predicted molar refractivity (Wildman–Crippen MR) is 78.3 cm³/mol.